The Balaban J connectivity index is 2.25. The van der Waals surface area contributed by atoms with E-state index >= 15 is 0 Å². The van der Waals surface area contributed by atoms with Gasteiger partial charge in [0.25, 0.3) is 0 Å². The van der Waals surface area contributed by atoms with Crippen LogP contribution in [-0.4, -0.2) is 42.9 Å². The molecule has 19 heavy (non-hydrogen) atoms. The molecule has 1 fully saturated rings. The van der Waals surface area contributed by atoms with Crippen LogP contribution in [0.15, 0.2) is 18.2 Å². The van der Waals surface area contributed by atoms with Crippen molar-refractivity contribution < 1.29 is 4.79 Å². The molecule has 1 aromatic rings. The molecular weight excluding hydrogens is 260 g/mol. The van der Waals surface area contributed by atoms with Gasteiger partial charge in [0.05, 0.1) is 10.7 Å². The summed E-state index contributed by atoms with van der Waals surface area (Å²) in [5, 5.41) is 0.664. The first kappa shape index (κ1) is 14.4. The summed E-state index contributed by atoms with van der Waals surface area (Å²) in [5.74, 6) is 0.0496. The van der Waals surface area contributed by atoms with Gasteiger partial charge in [-0.1, -0.05) is 11.6 Å². The van der Waals surface area contributed by atoms with E-state index in [1.165, 1.54) is 0 Å². The molecule has 0 aliphatic carbocycles. The molecule has 0 spiro atoms. The third-order valence-corrected chi connectivity index (χ3v) is 4.36. The summed E-state index contributed by atoms with van der Waals surface area (Å²) >= 11 is 6.33. The standard InChI is InChI=1S/C15H21ClN2O/c1-10-8-18(9-11(2)17(10)4)15-6-5-13(12(3)19)7-14(15)16/h5-7,10-11H,8-9H2,1-4H3. The second kappa shape index (κ2) is 5.51. The zero-order chi connectivity index (χ0) is 14.2. The molecular formula is C15H21ClN2O. The quantitative estimate of drug-likeness (QED) is 0.778. The lowest BCUT2D eigenvalue weighted by molar-refractivity contribution is 0.101. The number of piperazine rings is 1. The highest BCUT2D eigenvalue weighted by Gasteiger charge is 2.27. The number of nitrogens with zero attached hydrogens (tertiary/aromatic N) is 2. The van der Waals surface area contributed by atoms with E-state index in [2.05, 4.69) is 30.7 Å². The molecule has 1 heterocycles. The van der Waals surface area contributed by atoms with Crippen LogP contribution in [0.2, 0.25) is 5.02 Å². The van der Waals surface area contributed by atoms with E-state index < -0.39 is 0 Å². The fraction of sp³-hybridized carbons (Fsp3) is 0.533. The minimum atomic E-state index is 0.0496. The van der Waals surface area contributed by atoms with Gasteiger partial charge in [-0.25, -0.2) is 0 Å². The molecule has 3 nitrogen and oxygen atoms in total. The summed E-state index contributed by atoms with van der Waals surface area (Å²) in [6.45, 7) is 7.92. The van der Waals surface area contributed by atoms with Crippen molar-refractivity contribution in [2.24, 2.45) is 0 Å². The molecule has 1 saturated heterocycles. The normalized spacial score (nSPS) is 24.6. The third-order valence-electron chi connectivity index (χ3n) is 4.05. The SMILES string of the molecule is CC(=O)c1ccc(N2CC(C)N(C)C(C)C2)c(Cl)c1. The van der Waals surface area contributed by atoms with Crippen LogP contribution in [-0.2, 0) is 0 Å². The summed E-state index contributed by atoms with van der Waals surface area (Å²) in [5.41, 5.74) is 1.70. The fourth-order valence-electron chi connectivity index (χ4n) is 2.58. The van der Waals surface area contributed by atoms with Crippen molar-refractivity contribution in [2.45, 2.75) is 32.9 Å². The van der Waals surface area contributed by atoms with Crippen LogP contribution in [0.4, 0.5) is 5.69 Å². The summed E-state index contributed by atoms with van der Waals surface area (Å²) in [4.78, 5) is 16.0. The first-order valence-electron chi connectivity index (χ1n) is 6.67. The molecule has 0 N–H and O–H groups in total. The van der Waals surface area contributed by atoms with Gasteiger partial charge in [-0.05, 0) is 46.0 Å². The van der Waals surface area contributed by atoms with E-state index in [9.17, 15) is 4.79 Å². The Bertz CT molecular complexity index is 477. The number of carbonyl (C=O) groups excluding carboxylic acids is 1. The van der Waals surface area contributed by atoms with E-state index in [0.717, 1.165) is 18.8 Å². The second-order valence-electron chi connectivity index (χ2n) is 5.49. The zero-order valence-electron chi connectivity index (χ0n) is 12.0. The van der Waals surface area contributed by atoms with Gasteiger partial charge < -0.3 is 4.90 Å². The molecule has 2 rings (SSSR count). The lowest BCUT2D eigenvalue weighted by Gasteiger charge is -2.43. The van der Waals surface area contributed by atoms with Gasteiger partial charge >= 0.3 is 0 Å². The Labute approximate surface area is 120 Å². The van der Waals surface area contributed by atoms with Crippen molar-refractivity contribution in [3.05, 3.63) is 28.8 Å². The van der Waals surface area contributed by atoms with Crippen LogP contribution in [0.5, 0.6) is 0 Å². The minimum absolute atomic E-state index is 0.0496. The minimum Gasteiger partial charge on any atom is -0.367 e. The number of carbonyl (C=O) groups is 1. The number of anilines is 1. The van der Waals surface area contributed by atoms with Crippen LogP contribution < -0.4 is 4.90 Å². The molecule has 4 heteroatoms. The number of hydrogen-bond donors (Lipinski definition) is 0. The molecule has 0 saturated carbocycles. The topological polar surface area (TPSA) is 23.6 Å². The van der Waals surface area contributed by atoms with Gasteiger partial charge in [0.2, 0.25) is 0 Å². The third kappa shape index (κ3) is 2.93. The lowest BCUT2D eigenvalue weighted by Crippen LogP contribution is -2.55. The first-order chi connectivity index (χ1) is 8.90. The van der Waals surface area contributed by atoms with E-state index in [4.69, 9.17) is 11.6 Å². The van der Waals surface area contributed by atoms with Crippen molar-refractivity contribution in [1.82, 2.24) is 4.90 Å². The average Bonchev–Trinajstić information content (AvgIpc) is 2.35. The summed E-state index contributed by atoms with van der Waals surface area (Å²) in [6, 6.07) is 6.58. The maximum Gasteiger partial charge on any atom is 0.159 e. The molecule has 0 aromatic heterocycles. The van der Waals surface area contributed by atoms with E-state index in [1.54, 1.807) is 13.0 Å². The van der Waals surface area contributed by atoms with E-state index in [1.807, 2.05) is 12.1 Å². The van der Waals surface area contributed by atoms with Crippen LogP contribution in [0.3, 0.4) is 0 Å². The van der Waals surface area contributed by atoms with E-state index in [0.29, 0.717) is 22.7 Å². The molecule has 1 aliphatic rings. The van der Waals surface area contributed by atoms with Crippen LogP contribution in [0, 0.1) is 0 Å². The number of rotatable bonds is 2. The van der Waals surface area contributed by atoms with Crippen molar-refractivity contribution in [1.29, 1.82) is 0 Å². The molecule has 0 amide bonds. The van der Waals surface area contributed by atoms with Gasteiger partial charge in [-0.15, -0.1) is 0 Å². The number of benzene rings is 1. The van der Waals surface area contributed by atoms with Gasteiger partial charge in [0, 0.05) is 30.7 Å². The number of halogens is 1. The van der Waals surface area contributed by atoms with Crippen LogP contribution >= 0.6 is 11.6 Å². The van der Waals surface area contributed by atoms with Crippen molar-refractivity contribution in [2.75, 3.05) is 25.0 Å². The molecule has 0 bridgehead atoms. The first-order valence-corrected chi connectivity index (χ1v) is 7.05. The number of Topliss-reactive ketones (excluding diaryl/α,β-unsaturated/α-hetero) is 1. The highest BCUT2D eigenvalue weighted by Crippen LogP contribution is 2.29. The Morgan fingerprint density at radius 1 is 1.26 bits per heavy atom. The average molecular weight is 281 g/mol. The molecule has 1 aromatic carbocycles. The van der Waals surface area contributed by atoms with Crippen molar-refractivity contribution in [3.8, 4) is 0 Å². The predicted octanol–water partition coefficient (Wildman–Crippen LogP) is 3.07. The molecule has 0 radical (unpaired) electrons. The van der Waals surface area contributed by atoms with Crippen LogP contribution in [0.1, 0.15) is 31.1 Å². The number of hydrogen-bond acceptors (Lipinski definition) is 3. The monoisotopic (exact) mass is 280 g/mol. The molecule has 1 aliphatic heterocycles. The zero-order valence-corrected chi connectivity index (χ0v) is 12.7. The molecule has 104 valence electrons. The fourth-order valence-corrected chi connectivity index (χ4v) is 2.88. The van der Waals surface area contributed by atoms with Gasteiger partial charge in [0.15, 0.2) is 5.78 Å². The largest absolute Gasteiger partial charge is 0.367 e. The Morgan fingerprint density at radius 2 is 1.84 bits per heavy atom. The van der Waals surface area contributed by atoms with Crippen molar-refractivity contribution in [3.63, 3.8) is 0 Å². The van der Waals surface area contributed by atoms with Gasteiger partial charge in [0.1, 0.15) is 0 Å². The molecule has 2 atom stereocenters. The second-order valence-corrected chi connectivity index (χ2v) is 5.90. The highest BCUT2D eigenvalue weighted by molar-refractivity contribution is 6.33. The Morgan fingerprint density at radius 3 is 2.32 bits per heavy atom. The van der Waals surface area contributed by atoms with Crippen LogP contribution in [0.25, 0.3) is 0 Å². The smallest absolute Gasteiger partial charge is 0.159 e. The summed E-state index contributed by atoms with van der Waals surface area (Å²) in [6.07, 6.45) is 0. The van der Waals surface area contributed by atoms with E-state index in [-0.39, 0.29) is 5.78 Å². The number of likely N-dealkylation sites (N-methyl/N-ethyl adjacent to an activating group) is 1. The maximum atomic E-state index is 11.4. The summed E-state index contributed by atoms with van der Waals surface area (Å²) in [7, 11) is 2.16. The molecule has 2 unspecified atom stereocenters. The Hall–Kier alpha value is -1.06. The number of ketones is 1. The maximum absolute atomic E-state index is 11.4. The summed E-state index contributed by atoms with van der Waals surface area (Å²) < 4.78 is 0. The van der Waals surface area contributed by atoms with Crippen molar-refractivity contribution >= 4 is 23.1 Å². The Kier molecular flexibility index (Phi) is 4.16. The van der Waals surface area contributed by atoms with Gasteiger partial charge in [-0.3, -0.25) is 9.69 Å². The van der Waals surface area contributed by atoms with Gasteiger partial charge in [-0.2, -0.15) is 0 Å². The predicted molar refractivity (Wildman–Crippen MR) is 80.4 cm³/mol. The highest BCUT2D eigenvalue weighted by atomic mass is 35.5. The lowest BCUT2D eigenvalue weighted by atomic mass is 10.1.